The molecule has 0 spiro atoms. The van der Waals surface area contributed by atoms with Crippen molar-refractivity contribution in [1.82, 2.24) is 0 Å². The van der Waals surface area contributed by atoms with Gasteiger partial charge >= 0.3 is 5.97 Å². The molecule has 0 aromatic rings. The first-order chi connectivity index (χ1) is 6.77. The molecule has 0 rings (SSSR count). The van der Waals surface area contributed by atoms with Gasteiger partial charge < -0.3 is 5.11 Å². The van der Waals surface area contributed by atoms with Crippen LogP contribution in [0, 0.1) is 0 Å². The van der Waals surface area contributed by atoms with Crippen molar-refractivity contribution in [2.45, 2.75) is 71.1 Å². The van der Waals surface area contributed by atoms with Gasteiger partial charge in [-0.2, -0.15) is 0 Å². The molecule has 86 valence electrons. The van der Waals surface area contributed by atoms with Crippen LogP contribution >= 0.6 is 0 Å². The zero-order valence-electron chi connectivity index (χ0n) is 10.1. The van der Waals surface area contributed by atoms with Gasteiger partial charge in [0.2, 0.25) is 0 Å². The Bertz CT molecular complexity index is 138. The van der Waals surface area contributed by atoms with E-state index in [1.54, 1.807) is 0 Å². The van der Waals surface area contributed by atoms with Crippen LogP contribution in [0.25, 0.3) is 0 Å². The molecule has 0 radical (unpaired) electrons. The summed E-state index contributed by atoms with van der Waals surface area (Å²) in [6.07, 6.45) is 11.5. The molecule has 2 nitrogen and oxygen atoms in total. The third-order valence-electron chi connectivity index (χ3n) is 2.49. The Labute approximate surface area is 114 Å². The third kappa shape index (κ3) is 17.0. The van der Waals surface area contributed by atoms with E-state index in [-0.39, 0.29) is 27.7 Å². The summed E-state index contributed by atoms with van der Waals surface area (Å²) in [6.45, 7) is 2.23. The number of rotatable bonds is 10. The maximum Gasteiger partial charge on any atom is 0.303 e. The van der Waals surface area contributed by atoms with Crippen LogP contribution in [-0.4, -0.2) is 11.1 Å². The molecule has 0 aliphatic carbocycles. The van der Waals surface area contributed by atoms with Crippen LogP contribution in [0.1, 0.15) is 71.1 Å². The molecule has 0 saturated carbocycles. The van der Waals surface area contributed by atoms with E-state index in [0.717, 1.165) is 12.8 Å². The van der Waals surface area contributed by atoms with Gasteiger partial charge in [-0.25, -0.2) is 0 Å². The first-order valence-corrected chi connectivity index (χ1v) is 5.99. The van der Waals surface area contributed by atoms with E-state index >= 15 is 0 Å². The maximum absolute atomic E-state index is 10.2. The van der Waals surface area contributed by atoms with Gasteiger partial charge in [-0.15, -0.1) is 0 Å². The number of aliphatic carboxylic acids is 1. The predicted molar refractivity (Wildman–Crippen MR) is 59.5 cm³/mol. The molecule has 0 aromatic heterocycles. The van der Waals surface area contributed by atoms with Crippen LogP contribution in [-0.2, 0) is 32.5 Å². The van der Waals surface area contributed by atoms with Crippen molar-refractivity contribution in [1.29, 1.82) is 0 Å². The molecule has 0 aliphatic heterocycles. The van der Waals surface area contributed by atoms with Crippen LogP contribution in [0.4, 0.5) is 0 Å². The summed E-state index contributed by atoms with van der Waals surface area (Å²) in [7, 11) is 0. The summed E-state index contributed by atoms with van der Waals surface area (Å²) in [5.41, 5.74) is 0. The van der Waals surface area contributed by atoms with Crippen LogP contribution in [0.3, 0.4) is 0 Å². The quantitative estimate of drug-likeness (QED) is 0.444. The Morgan fingerprint density at radius 1 is 0.867 bits per heavy atom. The molecule has 0 bridgehead atoms. The molecule has 1 N–H and O–H groups in total. The molecule has 3 heteroatoms. The topological polar surface area (TPSA) is 37.3 Å². The molecule has 0 aliphatic rings. The van der Waals surface area contributed by atoms with Crippen LogP contribution in [0.2, 0.25) is 0 Å². The predicted octanol–water partition coefficient (Wildman–Crippen LogP) is 3.99. The van der Waals surface area contributed by atoms with Crippen LogP contribution in [0.15, 0.2) is 0 Å². The first kappa shape index (κ1) is 17.8. The van der Waals surface area contributed by atoms with Gasteiger partial charge in [0.15, 0.2) is 0 Å². The van der Waals surface area contributed by atoms with E-state index in [9.17, 15) is 4.79 Å². The second-order valence-corrected chi connectivity index (χ2v) is 3.97. The average molecular weight is 401 g/mol. The van der Waals surface area contributed by atoms with E-state index in [1.807, 2.05) is 0 Å². The summed E-state index contributed by atoms with van der Waals surface area (Å²) in [5.74, 6) is -0.659. The Morgan fingerprint density at radius 3 is 1.67 bits per heavy atom. The molecular weight excluding hydrogens is 377 g/mol. The summed E-state index contributed by atoms with van der Waals surface area (Å²) in [4.78, 5) is 10.2. The van der Waals surface area contributed by atoms with Gasteiger partial charge in [0.25, 0.3) is 0 Å². The molecule has 0 heterocycles. The van der Waals surface area contributed by atoms with Gasteiger partial charge in [-0.3, -0.25) is 4.79 Å². The zero-order chi connectivity index (χ0) is 10.6. The molecule has 0 unspecified atom stereocenters. The average Bonchev–Trinajstić information content (AvgIpc) is 2.15. The normalized spacial score (nSPS) is 9.67. The third-order valence-corrected chi connectivity index (χ3v) is 2.49. The van der Waals surface area contributed by atoms with Crippen molar-refractivity contribution < 1.29 is 37.6 Å². The Hall–Kier alpha value is 0.405. The van der Waals surface area contributed by atoms with Gasteiger partial charge in [-0.05, 0) is 6.42 Å². The number of hydrogen-bond donors (Lipinski definition) is 1. The van der Waals surface area contributed by atoms with Gasteiger partial charge in [0.1, 0.15) is 0 Å². The number of carbonyl (C=O) groups is 1. The molecule has 0 amide bonds. The SMILES string of the molecule is CCCCCCCCCCCC(=O)O.[Hg]. The molecule has 15 heavy (non-hydrogen) atoms. The Morgan fingerprint density at radius 2 is 1.27 bits per heavy atom. The van der Waals surface area contributed by atoms with Crippen LogP contribution in [0.5, 0.6) is 0 Å². The van der Waals surface area contributed by atoms with Crippen molar-refractivity contribution in [3.8, 4) is 0 Å². The summed E-state index contributed by atoms with van der Waals surface area (Å²) < 4.78 is 0. The molecule has 0 atom stereocenters. The smallest absolute Gasteiger partial charge is 0.303 e. The number of hydrogen-bond acceptors (Lipinski definition) is 1. The van der Waals surface area contributed by atoms with Gasteiger partial charge in [-0.1, -0.05) is 58.3 Å². The fraction of sp³-hybridized carbons (Fsp3) is 0.917. The minimum Gasteiger partial charge on any atom is -0.481 e. The van der Waals surface area contributed by atoms with E-state index in [0.29, 0.717) is 6.42 Å². The van der Waals surface area contributed by atoms with Gasteiger partial charge in [0, 0.05) is 34.1 Å². The second kappa shape index (κ2) is 14.4. The van der Waals surface area contributed by atoms with Crippen molar-refractivity contribution in [2.75, 3.05) is 0 Å². The van der Waals surface area contributed by atoms with Gasteiger partial charge in [0.05, 0.1) is 0 Å². The minimum absolute atomic E-state index is 0. The largest absolute Gasteiger partial charge is 0.481 e. The Kier molecular flexibility index (Phi) is 17.1. The molecule has 0 fully saturated rings. The number of unbranched alkanes of at least 4 members (excludes halogenated alkanes) is 8. The second-order valence-electron chi connectivity index (χ2n) is 3.97. The fourth-order valence-electron chi connectivity index (χ4n) is 1.59. The Balaban J connectivity index is 0. The van der Waals surface area contributed by atoms with E-state index < -0.39 is 5.97 Å². The van der Waals surface area contributed by atoms with E-state index in [1.165, 1.54) is 44.9 Å². The van der Waals surface area contributed by atoms with Crippen molar-refractivity contribution in [2.24, 2.45) is 0 Å². The van der Waals surface area contributed by atoms with Crippen LogP contribution < -0.4 is 0 Å². The monoisotopic (exact) mass is 402 g/mol. The fourth-order valence-corrected chi connectivity index (χ4v) is 1.59. The minimum atomic E-state index is -0.659. The number of carboxylic acid groups (broad SMARTS) is 1. The summed E-state index contributed by atoms with van der Waals surface area (Å²) in [5, 5.41) is 8.41. The van der Waals surface area contributed by atoms with Crippen molar-refractivity contribution >= 4 is 5.97 Å². The first-order valence-electron chi connectivity index (χ1n) is 5.99. The number of carboxylic acids is 1. The zero-order valence-corrected chi connectivity index (χ0v) is 15.6. The molecule has 0 saturated heterocycles. The molecular formula is C12H24HgO2. The van der Waals surface area contributed by atoms with E-state index in [2.05, 4.69) is 6.92 Å². The molecule has 0 aromatic carbocycles. The van der Waals surface area contributed by atoms with E-state index in [4.69, 9.17) is 5.11 Å². The van der Waals surface area contributed by atoms with Crippen molar-refractivity contribution in [3.63, 3.8) is 0 Å². The summed E-state index contributed by atoms with van der Waals surface area (Å²) >= 11 is 0. The maximum atomic E-state index is 10.2. The summed E-state index contributed by atoms with van der Waals surface area (Å²) in [6, 6.07) is 0. The standard InChI is InChI=1S/C12H24O2.Hg/c1-2-3-4-5-6-7-8-9-10-11-12(13)14;/h2-11H2,1H3,(H,13,14);. The van der Waals surface area contributed by atoms with Crippen molar-refractivity contribution in [3.05, 3.63) is 0 Å².